The number of aryl methyl sites for hydroxylation is 2. The first-order valence-electron chi connectivity index (χ1n) is 12.0. The van der Waals surface area contributed by atoms with Crippen LogP contribution in [0.1, 0.15) is 22.3 Å². The number of hydrogen-bond acceptors (Lipinski definition) is 4. The molecule has 0 spiro atoms. The van der Waals surface area contributed by atoms with Crippen LogP contribution < -0.4 is 9.62 Å². The van der Waals surface area contributed by atoms with E-state index in [-0.39, 0.29) is 13.0 Å². The van der Waals surface area contributed by atoms with Gasteiger partial charge in [-0.3, -0.25) is 13.9 Å². The van der Waals surface area contributed by atoms with E-state index in [4.69, 9.17) is 23.2 Å². The molecule has 0 aromatic heterocycles. The summed E-state index contributed by atoms with van der Waals surface area (Å²) >= 11 is 12.9. The zero-order chi connectivity index (χ0) is 28.0. The van der Waals surface area contributed by atoms with Crippen LogP contribution in [0.4, 0.5) is 5.69 Å². The average molecular weight is 577 g/mol. The summed E-state index contributed by atoms with van der Waals surface area (Å²) in [5, 5.41) is 3.31. The van der Waals surface area contributed by atoms with Crippen molar-refractivity contribution in [2.45, 2.75) is 32.9 Å². The lowest BCUT2D eigenvalue weighted by Crippen LogP contribution is -2.53. The van der Waals surface area contributed by atoms with E-state index >= 15 is 0 Å². The van der Waals surface area contributed by atoms with Gasteiger partial charge < -0.3 is 10.2 Å². The fourth-order valence-corrected chi connectivity index (χ4v) is 5.83. The SMILES string of the molecule is CNC(=O)[C@@H](Cc1ccccc1)N(Cc1c(Cl)cccc1Cl)C(=O)CN(c1c(C)cccc1C)S(C)(=O)=O. The molecule has 0 bridgehead atoms. The van der Waals surface area contributed by atoms with Crippen LogP contribution in [0.5, 0.6) is 0 Å². The normalized spacial score (nSPS) is 12.1. The lowest BCUT2D eigenvalue weighted by Gasteiger charge is -2.34. The predicted molar refractivity (Wildman–Crippen MR) is 153 cm³/mol. The lowest BCUT2D eigenvalue weighted by molar-refractivity contribution is -0.139. The molecule has 38 heavy (non-hydrogen) atoms. The van der Waals surface area contributed by atoms with Gasteiger partial charge in [0.25, 0.3) is 0 Å². The second-order valence-electron chi connectivity index (χ2n) is 9.05. The second kappa shape index (κ2) is 12.7. The second-order valence-corrected chi connectivity index (χ2v) is 11.8. The number of carbonyl (C=O) groups is 2. The van der Waals surface area contributed by atoms with Crippen LogP contribution >= 0.6 is 23.2 Å². The molecule has 0 radical (unpaired) electrons. The molecule has 202 valence electrons. The van der Waals surface area contributed by atoms with Crippen LogP contribution in [-0.4, -0.2) is 51.0 Å². The molecule has 0 aliphatic carbocycles. The Morgan fingerprint density at radius 3 is 1.97 bits per heavy atom. The smallest absolute Gasteiger partial charge is 0.244 e. The van der Waals surface area contributed by atoms with E-state index in [2.05, 4.69) is 5.32 Å². The molecule has 10 heteroatoms. The van der Waals surface area contributed by atoms with Gasteiger partial charge in [0.1, 0.15) is 12.6 Å². The van der Waals surface area contributed by atoms with Gasteiger partial charge in [0.15, 0.2) is 0 Å². The topological polar surface area (TPSA) is 86.8 Å². The third-order valence-corrected chi connectivity index (χ3v) is 8.10. The number of sulfonamides is 1. The van der Waals surface area contributed by atoms with Crippen molar-refractivity contribution >= 4 is 50.7 Å². The summed E-state index contributed by atoms with van der Waals surface area (Å²) in [4.78, 5) is 28.6. The maximum Gasteiger partial charge on any atom is 0.244 e. The number of nitrogens with one attached hydrogen (secondary N) is 1. The first-order chi connectivity index (χ1) is 17.9. The zero-order valence-corrected chi connectivity index (χ0v) is 24.1. The third kappa shape index (κ3) is 7.07. The van der Waals surface area contributed by atoms with E-state index in [0.717, 1.165) is 16.1 Å². The molecule has 3 aromatic carbocycles. The molecule has 7 nitrogen and oxygen atoms in total. The number of benzene rings is 3. The van der Waals surface area contributed by atoms with Gasteiger partial charge in [-0.05, 0) is 42.7 Å². The predicted octanol–water partition coefficient (Wildman–Crippen LogP) is 4.76. The summed E-state index contributed by atoms with van der Waals surface area (Å²) in [7, 11) is -2.37. The maximum atomic E-state index is 14.0. The summed E-state index contributed by atoms with van der Waals surface area (Å²) < 4.78 is 27.0. The Kier molecular flexibility index (Phi) is 9.82. The number of rotatable bonds is 10. The van der Waals surface area contributed by atoms with Gasteiger partial charge in [-0.2, -0.15) is 0 Å². The molecular weight excluding hydrogens is 545 g/mol. The Morgan fingerprint density at radius 1 is 0.895 bits per heavy atom. The number of nitrogens with zero attached hydrogens (tertiary/aromatic N) is 2. The third-order valence-electron chi connectivity index (χ3n) is 6.28. The highest BCUT2D eigenvalue weighted by molar-refractivity contribution is 7.92. The van der Waals surface area contributed by atoms with E-state index in [1.807, 2.05) is 36.4 Å². The minimum absolute atomic E-state index is 0.0907. The highest BCUT2D eigenvalue weighted by Crippen LogP contribution is 2.29. The van der Waals surface area contributed by atoms with E-state index in [1.165, 1.54) is 11.9 Å². The van der Waals surface area contributed by atoms with Gasteiger partial charge in [0.05, 0.1) is 11.9 Å². The molecule has 1 N–H and O–H groups in total. The van der Waals surface area contributed by atoms with Crippen LogP contribution in [0.2, 0.25) is 10.0 Å². The van der Waals surface area contributed by atoms with E-state index in [1.54, 1.807) is 44.2 Å². The molecule has 0 fully saturated rings. The van der Waals surface area contributed by atoms with Crippen molar-refractivity contribution in [2.24, 2.45) is 0 Å². The van der Waals surface area contributed by atoms with Crippen molar-refractivity contribution in [3.05, 3.63) is 99.0 Å². The first kappa shape index (κ1) is 29.5. The van der Waals surface area contributed by atoms with Crippen molar-refractivity contribution in [1.29, 1.82) is 0 Å². The number of anilines is 1. The zero-order valence-electron chi connectivity index (χ0n) is 21.7. The summed E-state index contributed by atoms with van der Waals surface area (Å²) in [5.74, 6) is -0.970. The number of carbonyl (C=O) groups excluding carboxylic acids is 2. The summed E-state index contributed by atoms with van der Waals surface area (Å²) in [6, 6.07) is 18.7. The summed E-state index contributed by atoms with van der Waals surface area (Å²) in [6.45, 7) is 2.98. The molecule has 3 rings (SSSR count). The van der Waals surface area contributed by atoms with Crippen molar-refractivity contribution in [2.75, 3.05) is 24.2 Å². The van der Waals surface area contributed by atoms with Crippen LogP contribution in [0.15, 0.2) is 66.7 Å². The van der Waals surface area contributed by atoms with Crippen molar-refractivity contribution in [3.63, 3.8) is 0 Å². The van der Waals surface area contributed by atoms with Crippen LogP contribution in [0.25, 0.3) is 0 Å². The van der Waals surface area contributed by atoms with E-state index in [0.29, 0.717) is 32.4 Å². The lowest BCUT2D eigenvalue weighted by atomic mass is 10.0. The molecule has 1 atom stereocenters. The Morgan fingerprint density at radius 2 is 1.45 bits per heavy atom. The molecule has 0 unspecified atom stereocenters. The highest BCUT2D eigenvalue weighted by atomic mass is 35.5. The van der Waals surface area contributed by atoms with Gasteiger partial charge in [-0.15, -0.1) is 0 Å². The van der Waals surface area contributed by atoms with Gasteiger partial charge in [0, 0.05) is 35.6 Å². The van der Waals surface area contributed by atoms with Crippen LogP contribution in [0, 0.1) is 13.8 Å². The Bertz CT molecular complexity index is 1370. The van der Waals surface area contributed by atoms with Crippen LogP contribution in [0.3, 0.4) is 0 Å². The molecule has 2 amide bonds. The molecule has 0 saturated carbocycles. The minimum atomic E-state index is -3.86. The van der Waals surface area contributed by atoms with Crippen molar-refractivity contribution in [1.82, 2.24) is 10.2 Å². The average Bonchev–Trinajstić information content (AvgIpc) is 2.86. The van der Waals surface area contributed by atoms with Crippen molar-refractivity contribution in [3.8, 4) is 0 Å². The maximum absolute atomic E-state index is 14.0. The van der Waals surface area contributed by atoms with E-state index < -0.39 is 34.4 Å². The van der Waals surface area contributed by atoms with Crippen LogP contribution in [-0.2, 0) is 32.6 Å². The molecule has 0 aliphatic heterocycles. The number of likely N-dealkylation sites (N-methyl/N-ethyl adjacent to an activating group) is 1. The van der Waals surface area contributed by atoms with Crippen molar-refractivity contribution < 1.29 is 18.0 Å². The molecule has 0 aliphatic rings. The molecular formula is C28H31Cl2N3O4S. The number of amides is 2. The molecule has 3 aromatic rings. The minimum Gasteiger partial charge on any atom is -0.357 e. The first-order valence-corrected chi connectivity index (χ1v) is 14.6. The Hall–Kier alpha value is -3.07. The Balaban J connectivity index is 2.11. The summed E-state index contributed by atoms with van der Waals surface area (Å²) in [5.41, 5.74) is 3.13. The standard InChI is InChI=1S/C28H31Cl2N3O4S/c1-19-10-8-11-20(2)27(19)33(38(4,36)37)18-26(34)32(17-22-23(29)14-9-15-24(22)30)25(28(35)31-3)16-21-12-6-5-7-13-21/h5-15,25H,16-18H2,1-4H3,(H,31,35)/t25-/m1/s1. The molecule has 0 saturated heterocycles. The fraction of sp³-hybridized carbons (Fsp3) is 0.286. The number of hydrogen-bond donors (Lipinski definition) is 1. The number of halogens is 2. The highest BCUT2D eigenvalue weighted by Gasteiger charge is 2.34. The fourth-order valence-electron chi connectivity index (χ4n) is 4.35. The Labute approximate surface area is 234 Å². The van der Waals surface area contributed by atoms with Gasteiger partial charge in [-0.25, -0.2) is 8.42 Å². The number of para-hydroxylation sites is 1. The monoisotopic (exact) mass is 575 g/mol. The summed E-state index contributed by atoms with van der Waals surface area (Å²) in [6.07, 6.45) is 1.26. The van der Waals surface area contributed by atoms with E-state index in [9.17, 15) is 18.0 Å². The van der Waals surface area contributed by atoms with Gasteiger partial charge in [-0.1, -0.05) is 77.8 Å². The van der Waals surface area contributed by atoms with Gasteiger partial charge >= 0.3 is 0 Å². The quantitative estimate of drug-likeness (QED) is 0.377. The molecule has 0 heterocycles. The largest absolute Gasteiger partial charge is 0.357 e. The van der Waals surface area contributed by atoms with Gasteiger partial charge in [0.2, 0.25) is 21.8 Å².